The van der Waals surface area contributed by atoms with Crippen LogP contribution in [0.5, 0.6) is 0 Å². The number of aromatic nitrogens is 2. The number of primary amides is 1. The van der Waals surface area contributed by atoms with Crippen molar-refractivity contribution in [2.24, 2.45) is 5.73 Å². The number of anilines is 1. The number of carbonyl (C=O) groups is 2. The fourth-order valence-corrected chi connectivity index (χ4v) is 5.56. The number of rotatable bonds is 6. The summed E-state index contributed by atoms with van der Waals surface area (Å²) in [7, 11) is 0. The Morgan fingerprint density at radius 1 is 1.28 bits per heavy atom. The zero-order valence-electron chi connectivity index (χ0n) is 16.7. The first-order valence-corrected chi connectivity index (χ1v) is 11.1. The van der Waals surface area contributed by atoms with E-state index >= 15 is 0 Å². The van der Waals surface area contributed by atoms with Crippen LogP contribution in [0.25, 0.3) is 0 Å². The fraction of sp³-hybridized carbons (Fsp3) is 0.600. The van der Waals surface area contributed by atoms with Gasteiger partial charge in [-0.25, -0.2) is 0 Å². The lowest BCUT2D eigenvalue weighted by molar-refractivity contribution is -0.116. The van der Waals surface area contributed by atoms with E-state index in [1.165, 1.54) is 16.2 Å². The van der Waals surface area contributed by atoms with E-state index in [1.807, 2.05) is 6.92 Å². The molecule has 156 valence electrons. The Kier molecular flexibility index (Phi) is 5.96. The number of carbonyl (C=O) groups excluding carboxylic acids is 2. The molecule has 2 amide bonds. The number of nitrogens with zero attached hydrogens (tertiary/aromatic N) is 3. The van der Waals surface area contributed by atoms with Gasteiger partial charge in [0.1, 0.15) is 5.00 Å². The third-order valence-corrected chi connectivity index (χ3v) is 7.01. The molecule has 9 heteroatoms. The van der Waals surface area contributed by atoms with E-state index in [0.29, 0.717) is 35.3 Å². The molecule has 0 radical (unpaired) electrons. The van der Waals surface area contributed by atoms with Crippen molar-refractivity contribution in [2.75, 3.05) is 25.0 Å². The summed E-state index contributed by atoms with van der Waals surface area (Å²) >= 11 is 1.51. The van der Waals surface area contributed by atoms with Crippen LogP contribution >= 0.6 is 11.3 Å². The molecule has 1 fully saturated rings. The standard InChI is InChI=1S/C20H27N5O3S/c1-12-22-19(28-24-12)13-6-9-25(10-7-13)11-8-16(26)23-20-17(18(21)27)14-4-2-3-5-15(14)29-20/h13H,2-11H2,1H3,(H2,21,27)(H,23,26). The van der Waals surface area contributed by atoms with Crippen molar-refractivity contribution in [1.29, 1.82) is 0 Å². The molecule has 1 aliphatic heterocycles. The van der Waals surface area contributed by atoms with Crippen LogP contribution in [-0.2, 0) is 17.6 Å². The Morgan fingerprint density at radius 2 is 2.03 bits per heavy atom. The van der Waals surface area contributed by atoms with Crippen LogP contribution in [0.3, 0.4) is 0 Å². The molecule has 0 bridgehead atoms. The summed E-state index contributed by atoms with van der Waals surface area (Å²) in [5.41, 5.74) is 7.17. The highest BCUT2D eigenvalue weighted by molar-refractivity contribution is 7.17. The highest BCUT2D eigenvalue weighted by atomic mass is 32.1. The minimum absolute atomic E-state index is 0.0688. The van der Waals surface area contributed by atoms with Gasteiger partial charge in [0.25, 0.3) is 5.91 Å². The summed E-state index contributed by atoms with van der Waals surface area (Å²) in [6.07, 6.45) is 6.32. The Morgan fingerprint density at radius 3 is 2.72 bits per heavy atom. The largest absolute Gasteiger partial charge is 0.365 e. The van der Waals surface area contributed by atoms with Crippen molar-refractivity contribution in [1.82, 2.24) is 15.0 Å². The molecule has 8 nitrogen and oxygen atoms in total. The molecule has 2 aromatic heterocycles. The maximum atomic E-state index is 12.5. The number of amides is 2. The van der Waals surface area contributed by atoms with Crippen molar-refractivity contribution in [3.05, 3.63) is 27.7 Å². The molecule has 29 heavy (non-hydrogen) atoms. The second kappa shape index (κ2) is 8.62. The van der Waals surface area contributed by atoms with Gasteiger partial charge < -0.3 is 20.5 Å². The lowest BCUT2D eigenvalue weighted by Gasteiger charge is -2.30. The summed E-state index contributed by atoms with van der Waals surface area (Å²) in [6, 6.07) is 0. The Balaban J connectivity index is 1.29. The van der Waals surface area contributed by atoms with Crippen LogP contribution in [0, 0.1) is 6.92 Å². The molecule has 1 saturated heterocycles. The van der Waals surface area contributed by atoms with Crippen molar-refractivity contribution in [2.45, 2.75) is 57.8 Å². The van der Waals surface area contributed by atoms with Crippen LogP contribution in [0.1, 0.15) is 70.5 Å². The van der Waals surface area contributed by atoms with E-state index in [9.17, 15) is 9.59 Å². The molecule has 0 aromatic carbocycles. The number of thiophene rings is 1. The second-order valence-corrected chi connectivity index (χ2v) is 8.98. The van der Waals surface area contributed by atoms with Crippen molar-refractivity contribution < 1.29 is 14.1 Å². The van der Waals surface area contributed by atoms with Gasteiger partial charge in [0.05, 0.1) is 5.56 Å². The third-order valence-electron chi connectivity index (χ3n) is 5.81. The zero-order valence-corrected chi connectivity index (χ0v) is 17.5. The van der Waals surface area contributed by atoms with E-state index < -0.39 is 5.91 Å². The van der Waals surface area contributed by atoms with E-state index in [1.54, 1.807) is 0 Å². The Labute approximate surface area is 173 Å². The average molecular weight is 418 g/mol. The lowest BCUT2D eigenvalue weighted by Crippen LogP contribution is -2.35. The molecule has 3 heterocycles. The minimum atomic E-state index is -0.446. The first kappa shape index (κ1) is 20.0. The van der Waals surface area contributed by atoms with Gasteiger partial charge in [-0.15, -0.1) is 11.3 Å². The molecule has 0 unspecified atom stereocenters. The van der Waals surface area contributed by atoms with Gasteiger partial charge in [0.15, 0.2) is 5.82 Å². The average Bonchev–Trinajstić information content (AvgIpc) is 3.30. The predicted molar refractivity (Wildman–Crippen MR) is 110 cm³/mol. The SMILES string of the molecule is Cc1noc(C2CCN(CCC(=O)Nc3sc4c(c3C(N)=O)CCCC4)CC2)n1. The zero-order chi connectivity index (χ0) is 20.4. The fourth-order valence-electron chi connectivity index (χ4n) is 4.25. The number of nitrogens with one attached hydrogen (secondary N) is 1. The number of fused-ring (bicyclic) bond motifs is 1. The monoisotopic (exact) mass is 417 g/mol. The van der Waals surface area contributed by atoms with Gasteiger partial charge in [-0.05, 0) is 64.1 Å². The van der Waals surface area contributed by atoms with Crippen LogP contribution < -0.4 is 11.1 Å². The van der Waals surface area contributed by atoms with Crippen LogP contribution in [0.4, 0.5) is 5.00 Å². The molecule has 4 rings (SSSR count). The van der Waals surface area contributed by atoms with E-state index in [-0.39, 0.29) is 5.91 Å². The lowest BCUT2D eigenvalue weighted by atomic mass is 9.95. The summed E-state index contributed by atoms with van der Waals surface area (Å²) in [5, 5.41) is 7.44. The molecule has 2 aromatic rings. The van der Waals surface area contributed by atoms with Crippen molar-refractivity contribution in [3.63, 3.8) is 0 Å². The number of likely N-dealkylation sites (tertiary alicyclic amines) is 1. The van der Waals surface area contributed by atoms with Crippen LogP contribution in [-0.4, -0.2) is 46.5 Å². The van der Waals surface area contributed by atoms with Gasteiger partial charge in [0, 0.05) is 23.8 Å². The molecule has 0 saturated carbocycles. The topological polar surface area (TPSA) is 114 Å². The van der Waals surface area contributed by atoms with Gasteiger partial charge in [-0.2, -0.15) is 4.98 Å². The number of nitrogens with two attached hydrogens (primary N) is 1. The minimum Gasteiger partial charge on any atom is -0.365 e. The Hall–Kier alpha value is -2.26. The second-order valence-electron chi connectivity index (χ2n) is 7.87. The van der Waals surface area contributed by atoms with Gasteiger partial charge in [-0.1, -0.05) is 5.16 Å². The van der Waals surface area contributed by atoms with Crippen molar-refractivity contribution in [3.8, 4) is 0 Å². The number of aryl methyl sites for hydroxylation is 2. The highest BCUT2D eigenvalue weighted by Gasteiger charge is 2.27. The van der Waals surface area contributed by atoms with Crippen LogP contribution in [0.15, 0.2) is 4.52 Å². The van der Waals surface area contributed by atoms with Crippen LogP contribution in [0.2, 0.25) is 0 Å². The first-order valence-electron chi connectivity index (χ1n) is 10.3. The number of hydrogen-bond donors (Lipinski definition) is 2. The first-order chi connectivity index (χ1) is 14.0. The highest BCUT2D eigenvalue weighted by Crippen LogP contribution is 2.38. The molecule has 0 spiro atoms. The summed E-state index contributed by atoms with van der Waals surface area (Å²) < 4.78 is 5.29. The van der Waals surface area contributed by atoms with Crippen molar-refractivity contribution >= 4 is 28.2 Å². The molecular formula is C20H27N5O3S. The molecule has 3 N–H and O–H groups in total. The van der Waals surface area contributed by atoms with E-state index in [0.717, 1.165) is 63.1 Å². The maximum absolute atomic E-state index is 12.5. The molecule has 2 aliphatic rings. The molecule has 0 atom stereocenters. The van der Waals surface area contributed by atoms with E-state index in [4.69, 9.17) is 10.3 Å². The van der Waals surface area contributed by atoms with Gasteiger partial charge in [-0.3, -0.25) is 9.59 Å². The summed E-state index contributed by atoms with van der Waals surface area (Å²) in [4.78, 5) is 32.3. The Bertz CT molecular complexity index is 898. The smallest absolute Gasteiger partial charge is 0.251 e. The normalized spacial score (nSPS) is 17.8. The van der Waals surface area contributed by atoms with Gasteiger partial charge in [0.2, 0.25) is 11.8 Å². The molecule has 1 aliphatic carbocycles. The number of hydrogen-bond acceptors (Lipinski definition) is 7. The quantitative estimate of drug-likeness (QED) is 0.747. The summed E-state index contributed by atoms with van der Waals surface area (Å²) in [5.74, 6) is 1.18. The third kappa shape index (κ3) is 4.51. The summed E-state index contributed by atoms with van der Waals surface area (Å²) in [6.45, 7) is 4.32. The van der Waals surface area contributed by atoms with E-state index in [2.05, 4.69) is 20.4 Å². The molecular weight excluding hydrogens is 390 g/mol. The predicted octanol–water partition coefficient (Wildman–Crippen LogP) is 2.63. The number of piperidine rings is 1. The van der Waals surface area contributed by atoms with Gasteiger partial charge >= 0.3 is 0 Å². The maximum Gasteiger partial charge on any atom is 0.251 e.